The lowest BCUT2D eigenvalue weighted by Gasteiger charge is -2.26. The van der Waals surface area contributed by atoms with E-state index in [1.807, 2.05) is 0 Å². The highest BCUT2D eigenvalue weighted by Gasteiger charge is 2.36. The molecule has 3 rings (SSSR count). The van der Waals surface area contributed by atoms with Crippen LogP contribution in [0.4, 0.5) is 13.2 Å². The zero-order valence-corrected chi connectivity index (χ0v) is 16.6. The van der Waals surface area contributed by atoms with E-state index >= 15 is 0 Å². The Labute approximate surface area is 170 Å². The van der Waals surface area contributed by atoms with Crippen LogP contribution in [-0.2, 0) is 16.6 Å². The standard InChI is InChI=1S/C20H23F3N4O3/c1-19(2,30)17-14(15(26-27-17)11-5-3-10(9-28)4-6-11)12-7-8-13(20(21,22)23)25-16(12)18(24)29/h7-11,30H,3-6H2,1-2H3,(H2,24,29)(H,26,27). The van der Waals surface area contributed by atoms with Gasteiger partial charge in [-0.1, -0.05) is 0 Å². The number of aldehydes is 1. The summed E-state index contributed by atoms with van der Waals surface area (Å²) in [6.07, 6.45) is -1.17. The molecule has 0 spiro atoms. The van der Waals surface area contributed by atoms with Gasteiger partial charge in [-0.25, -0.2) is 4.98 Å². The summed E-state index contributed by atoms with van der Waals surface area (Å²) < 4.78 is 39.3. The quantitative estimate of drug-likeness (QED) is 0.636. The highest BCUT2D eigenvalue weighted by molar-refractivity contribution is 5.98. The van der Waals surface area contributed by atoms with Crippen LogP contribution in [0.15, 0.2) is 12.1 Å². The molecule has 0 aromatic carbocycles. The van der Waals surface area contributed by atoms with Crippen LogP contribution in [0.2, 0.25) is 0 Å². The second kappa shape index (κ2) is 7.82. The van der Waals surface area contributed by atoms with Gasteiger partial charge in [0.1, 0.15) is 29.0 Å². The van der Waals surface area contributed by atoms with Crippen LogP contribution in [0.25, 0.3) is 11.1 Å². The van der Waals surface area contributed by atoms with Crippen LogP contribution < -0.4 is 5.73 Å². The number of rotatable bonds is 5. The number of aliphatic hydroxyl groups is 1. The molecule has 2 heterocycles. The van der Waals surface area contributed by atoms with Gasteiger partial charge in [0.15, 0.2) is 0 Å². The molecule has 0 atom stereocenters. The number of aromatic nitrogens is 3. The summed E-state index contributed by atoms with van der Waals surface area (Å²) in [5.74, 6) is -1.22. The number of nitrogens with two attached hydrogens (primary N) is 1. The minimum atomic E-state index is -4.74. The fourth-order valence-corrected chi connectivity index (χ4v) is 3.92. The lowest BCUT2D eigenvalue weighted by Crippen LogP contribution is -2.21. The van der Waals surface area contributed by atoms with Crippen molar-refractivity contribution in [1.29, 1.82) is 0 Å². The molecule has 0 unspecified atom stereocenters. The van der Waals surface area contributed by atoms with E-state index in [1.54, 1.807) is 0 Å². The van der Waals surface area contributed by atoms with Crippen LogP contribution in [0.5, 0.6) is 0 Å². The van der Waals surface area contributed by atoms with Gasteiger partial charge in [-0.2, -0.15) is 18.3 Å². The van der Waals surface area contributed by atoms with Gasteiger partial charge in [0.25, 0.3) is 5.91 Å². The number of halogens is 3. The molecule has 0 aliphatic heterocycles. The number of primary amides is 1. The number of carbonyl (C=O) groups is 2. The normalized spacial score (nSPS) is 20.2. The average molecular weight is 424 g/mol. The van der Waals surface area contributed by atoms with Crippen LogP contribution >= 0.6 is 0 Å². The van der Waals surface area contributed by atoms with Gasteiger partial charge < -0.3 is 15.6 Å². The zero-order valence-electron chi connectivity index (χ0n) is 16.6. The molecule has 0 bridgehead atoms. The van der Waals surface area contributed by atoms with Gasteiger partial charge in [0.2, 0.25) is 0 Å². The number of nitrogens with zero attached hydrogens (tertiary/aromatic N) is 2. The third kappa shape index (κ3) is 4.23. The molecule has 1 aliphatic rings. The zero-order chi connectivity index (χ0) is 22.3. The molecule has 30 heavy (non-hydrogen) atoms. The van der Waals surface area contributed by atoms with Crippen molar-refractivity contribution < 1.29 is 27.9 Å². The smallest absolute Gasteiger partial charge is 0.384 e. The Morgan fingerprint density at radius 3 is 2.37 bits per heavy atom. The van der Waals surface area contributed by atoms with Gasteiger partial charge in [0.05, 0.1) is 0 Å². The second-order valence-electron chi connectivity index (χ2n) is 8.12. The maximum atomic E-state index is 13.1. The Hall–Kier alpha value is -2.75. The van der Waals surface area contributed by atoms with E-state index in [1.165, 1.54) is 13.8 Å². The molecule has 1 amide bonds. The third-order valence-corrected chi connectivity index (χ3v) is 5.43. The summed E-state index contributed by atoms with van der Waals surface area (Å²) in [6, 6.07) is 1.91. The van der Waals surface area contributed by atoms with E-state index in [4.69, 9.17) is 5.73 Å². The van der Waals surface area contributed by atoms with Crippen molar-refractivity contribution in [3.63, 3.8) is 0 Å². The van der Waals surface area contributed by atoms with Crippen LogP contribution in [-0.4, -0.2) is 32.5 Å². The van der Waals surface area contributed by atoms with Crippen molar-refractivity contribution in [1.82, 2.24) is 15.2 Å². The molecule has 4 N–H and O–H groups in total. The van der Waals surface area contributed by atoms with Gasteiger partial charge in [-0.15, -0.1) is 0 Å². The Morgan fingerprint density at radius 1 is 1.23 bits per heavy atom. The van der Waals surface area contributed by atoms with E-state index in [2.05, 4.69) is 15.2 Å². The minimum Gasteiger partial charge on any atom is -0.384 e. The predicted octanol–water partition coefficient (Wildman–Crippen LogP) is 3.29. The summed E-state index contributed by atoms with van der Waals surface area (Å²) in [5.41, 5.74) is 3.30. The van der Waals surface area contributed by atoms with Gasteiger partial charge in [-0.3, -0.25) is 9.89 Å². The van der Waals surface area contributed by atoms with Crippen LogP contribution in [0.3, 0.4) is 0 Å². The molecule has 0 radical (unpaired) electrons. The molecule has 0 saturated heterocycles. The van der Waals surface area contributed by atoms with E-state index in [0.29, 0.717) is 36.9 Å². The summed E-state index contributed by atoms with van der Waals surface area (Å²) in [4.78, 5) is 26.5. The van der Waals surface area contributed by atoms with Crippen molar-refractivity contribution in [3.05, 3.63) is 34.9 Å². The van der Waals surface area contributed by atoms with Gasteiger partial charge in [-0.05, 0) is 51.7 Å². The van der Waals surface area contributed by atoms with E-state index in [9.17, 15) is 27.9 Å². The summed E-state index contributed by atoms with van der Waals surface area (Å²) in [5, 5.41) is 17.7. The molecule has 1 saturated carbocycles. The SMILES string of the molecule is CC(C)(O)c1n[nH]c(C2CCC(C=O)CC2)c1-c1ccc(C(F)(F)F)nc1C(N)=O. The highest BCUT2D eigenvalue weighted by atomic mass is 19.4. The molecule has 2 aromatic heterocycles. The van der Waals surface area contributed by atoms with E-state index in [-0.39, 0.29) is 23.1 Å². The maximum Gasteiger partial charge on any atom is 0.433 e. The highest BCUT2D eigenvalue weighted by Crippen LogP contribution is 2.43. The van der Waals surface area contributed by atoms with Crippen molar-refractivity contribution in [2.45, 2.75) is 57.2 Å². The summed E-state index contributed by atoms with van der Waals surface area (Å²) in [6.45, 7) is 2.97. The number of amides is 1. The number of nitrogens with one attached hydrogen (secondary N) is 1. The number of H-pyrrole nitrogens is 1. The Morgan fingerprint density at radius 2 is 1.87 bits per heavy atom. The first kappa shape index (κ1) is 21.9. The molecule has 1 fully saturated rings. The average Bonchev–Trinajstić information content (AvgIpc) is 3.12. The van der Waals surface area contributed by atoms with Gasteiger partial charge >= 0.3 is 6.18 Å². The Balaban J connectivity index is 2.18. The Bertz CT molecular complexity index is 955. The second-order valence-corrected chi connectivity index (χ2v) is 8.12. The number of aromatic amines is 1. The number of hydrogen-bond donors (Lipinski definition) is 3. The number of hydrogen-bond acceptors (Lipinski definition) is 5. The number of alkyl halides is 3. The minimum absolute atomic E-state index is 0.0321. The topological polar surface area (TPSA) is 122 Å². The summed E-state index contributed by atoms with van der Waals surface area (Å²) in [7, 11) is 0. The van der Waals surface area contributed by atoms with E-state index < -0.39 is 29.1 Å². The first-order valence-electron chi connectivity index (χ1n) is 9.58. The lowest BCUT2D eigenvalue weighted by atomic mass is 9.78. The molecule has 1 aliphatic carbocycles. The molecule has 2 aromatic rings. The Kier molecular flexibility index (Phi) is 5.72. The lowest BCUT2D eigenvalue weighted by molar-refractivity contribution is -0.141. The maximum absolute atomic E-state index is 13.1. The summed E-state index contributed by atoms with van der Waals surface area (Å²) >= 11 is 0. The first-order chi connectivity index (χ1) is 13.9. The van der Waals surface area contributed by atoms with Crippen molar-refractivity contribution in [2.75, 3.05) is 0 Å². The third-order valence-electron chi connectivity index (χ3n) is 5.43. The molecular formula is C20H23F3N4O3. The first-order valence-corrected chi connectivity index (χ1v) is 9.58. The van der Waals surface area contributed by atoms with Crippen molar-refractivity contribution >= 4 is 12.2 Å². The van der Waals surface area contributed by atoms with E-state index in [0.717, 1.165) is 18.4 Å². The molecule has 162 valence electrons. The van der Waals surface area contributed by atoms with Crippen molar-refractivity contribution in [2.24, 2.45) is 11.7 Å². The van der Waals surface area contributed by atoms with Crippen LogP contribution in [0.1, 0.15) is 73.0 Å². The monoisotopic (exact) mass is 424 g/mol. The molecule has 7 nitrogen and oxygen atoms in total. The van der Waals surface area contributed by atoms with Crippen molar-refractivity contribution in [3.8, 4) is 11.1 Å². The number of carbonyl (C=O) groups excluding carboxylic acids is 2. The molecule has 10 heteroatoms. The fourth-order valence-electron chi connectivity index (χ4n) is 3.92. The van der Waals surface area contributed by atoms with Crippen LogP contribution in [0, 0.1) is 5.92 Å². The number of pyridine rings is 1. The predicted molar refractivity (Wildman–Crippen MR) is 101 cm³/mol. The molecular weight excluding hydrogens is 401 g/mol. The largest absolute Gasteiger partial charge is 0.433 e. The fraction of sp³-hybridized carbons (Fsp3) is 0.500. The van der Waals surface area contributed by atoms with Gasteiger partial charge in [0, 0.05) is 28.7 Å².